The topological polar surface area (TPSA) is 62.2 Å². The summed E-state index contributed by atoms with van der Waals surface area (Å²) in [6, 6.07) is 3.75. The average molecular weight is 290 g/mol. The fourth-order valence-corrected chi connectivity index (χ4v) is 2.75. The van der Waals surface area contributed by atoms with E-state index in [0.29, 0.717) is 17.4 Å². The largest absolute Gasteiger partial charge is 0.478 e. The summed E-state index contributed by atoms with van der Waals surface area (Å²) in [5.74, 6) is -0.196. The van der Waals surface area contributed by atoms with Crippen LogP contribution in [0.25, 0.3) is 0 Å². The smallest absolute Gasteiger partial charge is 0.335 e. The zero-order valence-corrected chi connectivity index (χ0v) is 13.3. The van der Waals surface area contributed by atoms with E-state index in [1.54, 1.807) is 12.1 Å². The van der Waals surface area contributed by atoms with Crippen molar-refractivity contribution < 1.29 is 9.90 Å². The molecule has 0 bridgehead atoms. The minimum atomic E-state index is -0.896. The molecule has 0 amide bonds. The van der Waals surface area contributed by atoms with Gasteiger partial charge in [-0.2, -0.15) is 0 Å². The zero-order chi connectivity index (χ0) is 15.5. The number of carboxylic acids is 1. The van der Waals surface area contributed by atoms with Gasteiger partial charge >= 0.3 is 5.97 Å². The summed E-state index contributed by atoms with van der Waals surface area (Å²) in [5, 5.41) is 12.7. The normalized spacial score (nSPS) is 17.3. The molecule has 2 rings (SSSR count). The van der Waals surface area contributed by atoms with Crippen molar-refractivity contribution >= 4 is 11.8 Å². The van der Waals surface area contributed by atoms with Gasteiger partial charge in [-0.15, -0.1) is 0 Å². The van der Waals surface area contributed by atoms with E-state index >= 15 is 0 Å². The van der Waals surface area contributed by atoms with Crippen LogP contribution >= 0.6 is 0 Å². The van der Waals surface area contributed by atoms with Crippen molar-refractivity contribution in [3.8, 4) is 0 Å². The Hall–Kier alpha value is -1.58. The second-order valence-corrected chi connectivity index (χ2v) is 7.01. The third-order valence-corrected chi connectivity index (χ3v) is 4.05. The van der Waals surface area contributed by atoms with Crippen LogP contribution in [-0.2, 0) is 5.41 Å². The molecule has 0 aromatic carbocycles. The number of anilines is 1. The van der Waals surface area contributed by atoms with Gasteiger partial charge in [-0.25, -0.2) is 9.78 Å². The summed E-state index contributed by atoms with van der Waals surface area (Å²) in [6.07, 6.45) is 7.36. The first kappa shape index (κ1) is 15.8. The lowest BCUT2D eigenvalue weighted by molar-refractivity contribution is 0.0696. The molecule has 0 radical (unpaired) electrons. The van der Waals surface area contributed by atoms with Gasteiger partial charge in [-0.1, -0.05) is 46.5 Å². The Labute approximate surface area is 127 Å². The average Bonchev–Trinajstić information content (AvgIpc) is 2.66. The second kappa shape index (κ2) is 6.46. The third kappa shape index (κ3) is 4.45. The van der Waals surface area contributed by atoms with Gasteiger partial charge in [0.15, 0.2) is 0 Å². The van der Waals surface area contributed by atoms with Crippen LogP contribution in [0.2, 0.25) is 0 Å². The molecule has 4 heteroatoms. The van der Waals surface area contributed by atoms with E-state index in [0.717, 1.165) is 18.5 Å². The highest BCUT2D eigenvalue weighted by atomic mass is 16.4. The number of nitrogens with zero attached hydrogens (tertiary/aromatic N) is 1. The highest BCUT2D eigenvalue weighted by molar-refractivity contribution is 5.88. The number of hydrogen-bond acceptors (Lipinski definition) is 3. The third-order valence-electron chi connectivity index (χ3n) is 4.05. The van der Waals surface area contributed by atoms with E-state index in [1.807, 2.05) is 0 Å². The minimum Gasteiger partial charge on any atom is -0.478 e. The van der Waals surface area contributed by atoms with Gasteiger partial charge < -0.3 is 10.4 Å². The van der Waals surface area contributed by atoms with E-state index in [1.165, 1.54) is 25.7 Å². The van der Waals surface area contributed by atoms with Gasteiger partial charge in [-0.05, 0) is 25.0 Å². The predicted molar refractivity (Wildman–Crippen MR) is 85.0 cm³/mol. The summed E-state index contributed by atoms with van der Waals surface area (Å²) >= 11 is 0. The van der Waals surface area contributed by atoms with Gasteiger partial charge in [0.05, 0.1) is 5.56 Å². The lowest BCUT2D eigenvalue weighted by Gasteiger charge is -2.22. The summed E-state index contributed by atoms with van der Waals surface area (Å²) in [6.45, 7) is 6.16. The van der Waals surface area contributed by atoms with Gasteiger partial charge in [0.1, 0.15) is 5.82 Å². The lowest BCUT2D eigenvalue weighted by Crippen LogP contribution is -2.22. The molecule has 116 valence electrons. The molecule has 0 saturated heterocycles. The van der Waals surface area contributed by atoms with Gasteiger partial charge in [0.25, 0.3) is 0 Å². The number of carboxylic acid groups (broad SMARTS) is 1. The molecule has 0 aliphatic heterocycles. The number of hydrogen-bond donors (Lipinski definition) is 2. The molecule has 1 aliphatic rings. The molecule has 1 saturated carbocycles. The lowest BCUT2D eigenvalue weighted by atomic mass is 9.90. The molecule has 0 unspecified atom stereocenters. The van der Waals surface area contributed by atoms with Crippen molar-refractivity contribution in [2.45, 2.75) is 70.8 Å². The van der Waals surface area contributed by atoms with Crippen LogP contribution in [0.15, 0.2) is 12.1 Å². The molecule has 21 heavy (non-hydrogen) atoms. The van der Waals surface area contributed by atoms with Crippen LogP contribution in [0, 0.1) is 0 Å². The van der Waals surface area contributed by atoms with Crippen molar-refractivity contribution in [2.24, 2.45) is 0 Å². The Kier molecular flexibility index (Phi) is 4.86. The number of pyridine rings is 1. The molecular weight excluding hydrogens is 264 g/mol. The predicted octanol–water partition coefficient (Wildman–Crippen LogP) is 4.21. The van der Waals surface area contributed by atoms with Crippen LogP contribution in [0.3, 0.4) is 0 Å². The Morgan fingerprint density at radius 1 is 1.19 bits per heavy atom. The van der Waals surface area contributed by atoms with Gasteiger partial charge in [-0.3, -0.25) is 0 Å². The molecule has 1 aliphatic carbocycles. The quantitative estimate of drug-likeness (QED) is 0.818. The standard InChI is InChI=1S/C17H26N2O2/c1-17(2,3)14-10-12(16(20)21)11-15(19-14)18-13-8-6-4-5-7-9-13/h10-11,13H,4-9H2,1-3H3,(H,18,19)(H,20,21). The van der Waals surface area contributed by atoms with E-state index in [4.69, 9.17) is 0 Å². The number of carbonyl (C=O) groups is 1. The Morgan fingerprint density at radius 2 is 1.81 bits per heavy atom. The first-order valence-electron chi connectivity index (χ1n) is 7.88. The number of rotatable bonds is 3. The summed E-state index contributed by atoms with van der Waals surface area (Å²) in [7, 11) is 0. The summed E-state index contributed by atoms with van der Waals surface area (Å²) < 4.78 is 0. The van der Waals surface area contributed by atoms with Crippen LogP contribution in [0.4, 0.5) is 5.82 Å². The van der Waals surface area contributed by atoms with E-state index < -0.39 is 5.97 Å². The molecule has 2 N–H and O–H groups in total. The zero-order valence-electron chi connectivity index (χ0n) is 13.3. The number of aromatic nitrogens is 1. The Balaban J connectivity index is 2.25. The Bertz CT molecular complexity index is 498. The molecule has 1 heterocycles. The fourth-order valence-electron chi connectivity index (χ4n) is 2.75. The van der Waals surface area contributed by atoms with Crippen molar-refractivity contribution in [3.63, 3.8) is 0 Å². The summed E-state index contributed by atoms with van der Waals surface area (Å²) in [4.78, 5) is 16.0. The molecule has 0 spiro atoms. The van der Waals surface area contributed by atoms with E-state index in [-0.39, 0.29) is 5.41 Å². The monoisotopic (exact) mass is 290 g/mol. The first-order chi connectivity index (χ1) is 9.86. The van der Waals surface area contributed by atoms with Gasteiger partial charge in [0.2, 0.25) is 0 Å². The van der Waals surface area contributed by atoms with Crippen LogP contribution in [0.1, 0.15) is 75.3 Å². The number of aromatic carboxylic acids is 1. The molecule has 0 atom stereocenters. The maximum atomic E-state index is 11.3. The summed E-state index contributed by atoms with van der Waals surface area (Å²) in [5.41, 5.74) is 0.968. The highest BCUT2D eigenvalue weighted by Gasteiger charge is 2.20. The van der Waals surface area contributed by atoms with E-state index in [2.05, 4.69) is 31.1 Å². The first-order valence-corrected chi connectivity index (χ1v) is 7.88. The van der Waals surface area contributed by atoms with Crippen molar-refractivity contribution in [1.82, 2.24) is 4.98 Å². The Morgan fingerprint density at radius 3 is 2.33 bits per heavy atom. The van der Waals surface area contributed by atoms with Crippen LogP contribution in [0.5, 0.6) is 0 Å². The van der Waals surface area contributed by atoms with Crippen molar-refractivity contribution in [3.05, 3.63) is 23.4 Å². The van der Waals surface area contributed by atoms with Crippen molar-refractivity contribution in [1.29, 1.82) is 0 Å². The second-order valence-electron chi connectivity index (χ2n) is 7.01. The minimum absolute atomic E-state index is 0.161. The van der Waals surface area contributed by atoms with Crippen molar-refractivity contribution in [2.75, 3.05) is 5.32 Å². The van der Waals surface area contributed by atoms with Crippen LogP contribution in [-0.4, -0.2) is 22.1 Å². The maximum Gasteiger partial charge on any atom is 0.335 e. The molecule has 1 fully saturated rings. The molecule has 1 aromatic rings. The molecular formula is C17H26N2O2. The fraction of sp³-hybridized carbons (Fsp3) is 0.647. The highest BCUT2D eigenvalue weighted by Crippen LogP contribution is 2.25. The van der Waals surface area contributed by atoms with Gasteiger partial charge in [0, 0.05) is 17.2 Å². The molecule has 4 nitrogen and oxygen atoms in total. The molecule has 1 aromatic heterocycles. The SMILES string of the molecule is CC(C)(C)c1cc(C(=O)O)cc(NC2CCCCCC2)n1. The van der Waals surface area contributed by atoms with E-state index in [9.17, 15) is 9.90 Å². The van der Waals surface area contributed by atoms with Crippen LogP contribution < -0.4 is 5.32 Å². The number of nitrogens with one attached hydrogen (secondary N) is 1. The maximum absolute atomic E-state index is 11.3.